The molecule has 1 aliphatic carbocycles. The molecule has 5 rings (SSSR count). The van der Waals surface area contributed by atoms with Gasteiger partial charge in [0.2, 0.25) is 5.88 Å². The van der Waals surface area contributed by atoms with Crippen molar-refractivity contribution in [1.82, 2.24) is 14.9 Å². The van der Waals surface area contributed by atoms with E-state index in [1.165, 1.54) is 0 Å². The zero-order valence-electron chi connectivity index (χ0n) is 19.3. The molecule has 2 saturated heterocycles. The van der Waals surface area contributed by atoms with Crippen molar-refractivity contribution in [3.8, 4) is 5.88 Å². The highest BCUT2D eigenvalue weighted by molar-refractivity contribution is 6.01. The first-order valence-corrected chi connectivity index (χ1v) is 11.6. The van der Waals surface area contributed by atoms with Gasteiger partial charge in [0, 0.05) is 24.3 Å². The Morgan fingerprint density at radius 3 is 2.94 bits per heavy atom. The molecular formula is C25H30N4O4. The molecule has 4 heterocycles. The number of hydrogen-bond acceptors (Lipinski definition) is 7. The number of amides is 1. The van der Waals surface area contributed by atoms with Crippen molar-refractivity contribution in [2.24, 2.45) is 0 Å². The largest absolute Gasteiger partial charge is 0.481 e. The molecule has 0 bridgehead atoms. The summed E-state index contributed by atoms with van der Waals surface area (Å²) in [4.78, 5) is 23.9. The van der Waals surface area contributed by atoms with Crippen LogP contribution in [-0.2, 0) is 20.9 Å². The van der Waals surface area contributed by atoms with Gasteiger partial charge in [0.25, 0.3) is 5.91 Å². The molecule has 2 unspecified atom stereocenters. The van der Waals surface area contributed by atoms with E-state index in [0.29, 0.717) is 31.0 Å². The van der Waals surface area contributed by atoms with Gasteiger partial charge in [-0.1, -0.05) is 12.5 Å². The van der Waals surface area contributed by atoms with Crippen LogP contribution < -0.4 is 4.74 Å². The molecule has 1 spiro atoms. The molecule has 3 fully saturated rings. The van der Waals surface area contributed by atoms with Crippen LogP contribution in [0, 0.1) is 5.41 Å². The lowest BCUT2D eigenvalue weighted by atomic mass is 9.76. The summed E-state index contributed by atoms with van der Waals surface area (Å²) >= 11 is 0. The molecule has 1 N–H and O–H groups in total. The Labute approximate surface area is 193 Å². The SMILES string of the molecule is CCC(C)=CC(=N)C1CCC2OC3(CC(OCc4cc5ccc(OC)nc5cn4)C3)C(=O)N21. The van der Waals surface area contributed by atoms with Gasteiger partial charge >= 0.3 is 0 Å². The number of carbonyl (C=O) groups excluding carboxylic acids is 1. The summed E-state index contributed by atoms with van der Waals surface area (Å²) in [5.41, 5.74) is 2.47. The summed E-state index contributed by atoms with van der Waals surface area (Å²) < 4.78 is 17.4. The van der Waals surface area contributed by atoms with E-state index in [1.807, 2.05) is 36.1 Å². The van der Waals surface area contributed by atoms with Gasteiger partial charge in [0.15, 0.2) is 5.60 Å². The Kier molecular flexibility index (Phi) is 5.66. The van der Waals surface area contributed by atoms with Gasteiger partial charge in [-0.3, -0.25) is 9.78 Å². The van der Waals surface area contributed by atoms with Gasteiger partial charge in [-0.05, 0) is 44.4 Å². The molecule has 2 aliphatic heterocycles. The summed E-state index contributed by atoms with van der Waals surface area (Å²) in [5, 5.41) is 9.45. The average molecular weight is 451 g/mol. The van der Waals surface area contributed by atoms with Gasteiger partial charge in [-0.25, -0.2) is 4.98 Å². The number of methoxy groups -OCH3 is 1. The summed E-state index contributed by atoms with van der Waals surface area (Å²) in [5.74, 6) is 0.578. The van der Waals surface area contributed by atoms with Crippen LogP contribution in [-0.4, -0.2) is 57.6 Å². The average Bonchev–Trinajstić information content (AvgIpc) is 3.34. The molecule has 2 aromatic rings. The number of nitrogens with one attached hydrogen (secondary N) is 1. The minimum Gasteiger partial charge on any atom is -0.481 e. The molecule has 2 aromatic heterocycles. The third-order valence-corrected chi connectivity index (χ3v) is 7.04. The number of nitrogens with zero attached hydrogens (tertiary/aromatic N) is 3. The molecule has 3 aliphatic rings. The number of hydrogen-bond donors (Lipinski definition) is 1. The first-order valence-electron chi connectivity index (χ1n) is 11.6. The van der Waals surface area contributed by atoms with Crippen molar-refractivity contribution >= 4 is 22.5 Å². The summed E-state index contributed by atoms with van der Waals surface area (Å²) in [7, 11) is 1.59. The number of rotatable bonds is 7. The van der Waals surface area contributed by atoms with Gasteiger partial charge in [-0.2, -0.15) is 0 Å². The molecule has 1 amide bonds. The molecule has 2 atom stereocenters. The van der Waals surface area contributed by atoms with Crippen LogP contribution in [0.15, 0.2) is 36.0 Å². The van der Waals surface area contributed by atoms with Crippen molar-refractivity contribution in [1.29, 1.82) is 5.41 Å². The number of allylic oxidation sites excluding steroid dienone is 1. The third-order valence-electron chi connectivity index (χ3n) is 7.04. The van der Waals surface area contributed by atoms with Crippen LogP contribution in [0.2, 0.25) is 0 Å². The lowest BCUT2D eigenvalue weighted by Crippen LogP contribution is -2.56. The highest BCUT2D eigenvalue weighted by Crippen LogP contribution is 2.49. The van der Waals surface area contributed by atoms with Crippen molar-refractivity contribution in [3.05, 3.63) is 41.7 Å². The van der Waals surface area contributed by atoms with Crippen LogP contribution in [0.5, 0.6) is 5.88 Å². The van der Waals surface area contributed by atoms with Gasteiger partial charge < -0.3 is 24.5 Å². The van der Waals surface area contributed by atoms with Crippen LogP contribution in [0.1, 0.15) is 51.6 Å². The van der Waals surface area contributed by atoms with Crippen molar-refractivity contribution in [3.63, 3.8) is 0 Å². The molecule has 174 valence electrons. The second-order valence-electron chi connectivity index (χ2n) is 9.24. The number of aromatic nitrogens is 2. The Morgan fingerprint density at radius 1 is 1.36 bits per heavy atom. The highest BCUT2D eigenvalue weighted by Gasteiger charge is 2.63. The maximum Gasteiger partial charge on any atom is 0.257 e. The fraction of sp³-hybridized carbons (Fsp3) is 0.520. The summed E-state index contributed by atoms with van der Waals surface area (Å²) in [6.07, 6.45) is 6.94. The number of ether oxygens (including phenoxy) is 3. The number of carbonyl (C=O) groups is 1. The minimum atomic E-state index is -0.783. The normalized spacial score (nSPS) is 28.9. The van der Waals surface area contributed by atoms with E-state index >= 15 is 0 Å². The third kappa shape index (κ3) is 3.91. The van der Waals surface area contributed by atoms with Crippen LogP contribution in [0.3, 0.4) is 0 Å². The first kappa shape index (κ1) is 22.0. The van der Waals surface area contributed by atoms with E-state index < -0.39 is 5.60 Å². The molecule has 8 nitrogen and oxygen atoms in total. The Morgan fingerprint density at radius 2 is 2.18 bits per heavy atom. The van der Waals surface area contributed by atoms with Crippen molar-refractivity contribution in [2.45, 2.75) is 76.5 Å². The second-order valence-corrected chi connectivity index (χ2v) is 9.24. The fourth-order valence-electron chi connectivity index (χ4n) is 5.00. The van der Waals surface area contributed by atoms with E-state index in [-0.39, 0.29) is 24.3 Å². The highest BCUT2D eigenvalue weighted by atomic mass is 16.6. The molecule has 8 heteroatoms. The predicted molar refractivity (Wildman–Crippen MR) is 123 cm³/mol. The molecule has 0 radical (unpaired) electrons. The van der Waals surface area contributed by atoms with Crippen LogP contribution >= 0.6 is 0 Å². The van der Waals surface area contributed by atoms with Gasteiger partial charge in [-0.15, -0.1) is 0 Å². The van der Waals surface area contributed by atoms with Gasteiger partial charge in [0.1, 0.15) is 6.23 Å². The molecule has 1 saturated carbocycles. The molecule has 0 aromatic carbocycles. The van der Waals surface area contributed by atoms with Crippen molar-refractivity contribution < 1.29 is 19.0 Å². The number of pyridine rings is 2. The van der Waals surface area contributed by atoms with Crippen LogP contribution in [0.4, 0.5) is 0 Å². The Bertz CT molecular complexity index is 1120. The topological polar surface area (TPSA) is 97.6 Å². The van der Waals surface area contributed by atoms with Crippen LogP contribution in [0.25, 0.3) is 10.9 Å². The molecular weight excluding hydrogens is 420 g/mol. The lowest BCUT2D eigenvalue weighted by Gasteiger charge is -2.42. The lowest BCUT2D eigenvalue weighted by molar-refractivity contribution is -0.177. The maximum atomic E-state index is 13.3. The van der Waals surface area contributed by atoms with E-state index in [9.17, 15) is 4.79 Å². The first-order chi connectivity index (χ1) is 15.9. The Hall–Kier alpha value is -2.84. The molecule has 33 heavy (non-hydrogen) atoms. The predicted octanol–water partition coefficient (Wildman–Crippen LogP) is 3.78. The van der Waals surface area contributed by atoms with Crippen molar-refractivity contribution in [2.75, 3.05) is 7.11 Å². The van der Waals surface area contributed by atoms with E-state index in [0.717, 1.165) is 41.4 Å². The second kappa shape index (κ2) is 8.50. The maximum absolute atomic E-state index is 13.3. The van der Waals surface area contributed by atoms with Gasteiger partial charge in [0.05, 0.1) is 49.0 Å². The summed E-state index contributed by atoms with van der Waals surface area (Å²) in [6.45, 7) is 4.47. The monoisotopic (exact) mass is 450 g/mol. The number of fused-ring (bicyclic) bond motifs is 2. The van der Waals surface area contributed by atoms with E-state index in [4.69, 9.17) is 19.6 Å². The zero-order chi connectivity index (χ0) is 23.2. The smallest absolute Gasteiger partial charge is 0.257 e. The quantitative estimate of drug-likeness (QED) is 0.645. The van der Waals surface area contributed by atoms with E-state index in [2.05, 4.69) is 16.9 Å². The minimum absolute atomic E-state index is 0.0194. The standard InChI is InChI=1S/C25H30N4O4/c1-4-15(2)9-19(26)21-6-8-23-29(21)24(30)25(33-23)11-18(12-25)32-14-17-10-16-5-7-22(31-3)28-20(16)13-27-17/h5,7,9-10,13,18,21,23,26H,4,6,8,11-12,14H2,1-3H3. The Balaban J connectivity index is 1.19. The fourth-order valence-corrected chi connectivity index (χ4v) is 5.00. The zero-order valence-corrected chi connectivity index (χ0v) is 19.3. The van der Waals surface area contributed by atoms with E-state index in [1.54, 1.807) is 13.3 Å². The summed E-state index contributed by atoms with van der Waals surface area (Å²) in [6, 6.07) is 5.56.